The number of anilines is 1. The predicted octanol–water partition coefficient (Wildman–Crippen LogP) is 4.97. The summed E-state index contributed by atoms with van der Waals surface area (Å²) >= 11 is 0. The third kappa shape index (κ3) is 3.67. The highest BCUT2D eigenvalue weighted by molar-refractivity contribution is 6.05. The van der Waals surface area contributed by atoms with Gasteiger partial charge in [0.05, 0.1) is 0 Å². The predicted molar refractivity (Wildman–Crippen MR) is 116 cm³/mol. The van der Waals surface area contributed by atoms with Crippen molar-refractivity contribution in [1.82, 2.24) is 9.97 Å². The van der Waals surface area contributed by atoms with Crippen LogP contribution in [0.5, 0.6) is 0 Å². The van der Waals surface area contributed by atoms with Crippen molar-refractivity contribution in [2.75, 3.05) is 5.32 Å². The second-order valence-electron chi connectivity index (χ2n) is 7.24. The molecule has 5 nitrogen and oxygen atoms in total. The maximum atomic E-state index is 12.9. The summed E-state index contributed by atoms with van der Waals surface area (Å²) in [6, 6.07) is 17.1. The summed E-state index contributed by atoms with van der Waals surface area (Å²) in [4.78, 5) is 32.3. The van der Waals surface area contributed by atoms with Gasteiger partial charge in [-0.25, -0.2) is 0 Å². The molecule has 4 rings (SSSR count). The molecule has 0 saturated heterocycles. The van der Waals surface area contributed by atoms with E-state index in [1.54, 1.807) is 24.7 Å². The third-order valence-electron chi connectivity index (χ3n) is 4.96. The molecule has 0 saturated carbocycles. The Morgan fingerprint density at radius 3 is 2.62 bits per heavy atom. The van der Waals surface area contributed by atoms with E-state index in [1.807, 2.05) is 48.5 Å². The normalized spacial score (nSPS) is 11.0. The van der Waals surface area contributed by atoms with E-state index in [2.05, 4.69) is 29.1 Å². The molecule has 1 amide bonds. The number of amides is 1. The van der Waals surface area contributed by atoms with Gasteiger partial charge in [0.25, 0.3) is 11.5 Å². The van der Waals surface area contributed by atoms with Crippen LogP contribution >= 0.6 is 0 Å². The second-order valence-corrected chi connectivity index (χ2v) is 7.24. The first-order valence-electron chi connectivity index (χ1n) is 9.50. The number of rotatable bonds is 4. The molecular weight excluding hydrogens is 362 g/mol. The van der Waals surface area contributed by atoms with Crippen molar-refractivity contribution < 1.29 is 4.79 Å². The van der Waals surface area contributed by atoms with Gasteiger partial charge in [-0.2, -0.15) is 0 Å². The zero-order chi connectivity index (χ0) is 20.4. The molecule has 2 aromatic heterocycles. The summed E-state index contributed by atoms with van der Waals surface area (Å²) in [5, 5.41) is 4.89. The number of aromatic nitrogens is 2. The van der Waals surface area contributed by atoms with E-state index in [0.717, 1.165) is 27.5 Å². The quantitative estimate of drug-likeness (QED) is 0.523. The summed E-state index contributed by atoms with van der Waals surface area (Å²) in [6.07, 6.45) is 5.15. The number of pyridine rings is 2. The number of benzene rings is 2. The molecule has 0 radical (unpaired) electrons. The molecule has 0 aliphatic heterocycles. The minimum atomic E-state index is -0.436. The standard InChI is InChI=1S/C24H21N3O2/c1-15(2)18-8-5-6-10-22(18)27-24(29)20-11-17(13-26-23(20)28)21-14-25-12-16-7-3-4-9-19(16)21/h3-15H,1-2H3,(H,26,28)(H,27,29). The molecule has 5 heteroatoms. The largest absolute Gasteiger partial charge is 0.328 e. The van der Waals surface area contributed by atoms with E-state index in [4.69, 9.17) is 0 Å². The number of nitrogens with zero attached hydrogens (tertiary/aromatic N) is 1. The molecule has 0 spiro atoms. The van der Waals surface area contributed by atoms with E-state index in [-0.39, 0.29) is 11.5 Å². The summed E-state index contributed by atoms with van der Waals surface area (Å²) in [5.74, 6) is -0.188. The summed E-state index contributed by atoms with van der Waals surface area (Å²) in [7, 11) is 0. The first kappa shape index (κ1) is 18.6. The molecule has 2 N–H and O–H groups in total. The number of hydrogen-bond acceptors (Lipinski definition) is 3. The topological polar surface area (TPSA) is 74.8 Å². The molecule has 2 aromatic carbocycles. The molecule has 0 atom stereocenters. The monoisotopic (exact) mass is 383 g/mol. The molecule has 0 bridgehead atoms. The van der Waals surface area contributed by atoms with Crippen molar-refractivity contribution in [3.8, 4) is 11.1 Å². The fourth-order valence-electron chi connectivity index (χ4n) is 3.46. The summed E-state index contributed by atoms with van der Waals surface area (Å²) in [6.45, 7) is 4.12. The van der Waals surface area contributed by atoms with E-state index in [9.17, 15) is 9.59 Å². The van der Waals surface area contributed by atoms with Crippen molar-refractivity contribution in [2.24, 2.45) is 0 Å². The Hall–Kier alpha value is -3.73. The molecule has 29 heavy (non-hydrogen) atoms. The highest BCUT2D eigenvalue weighted by Crippen LogP contribution is 2.28. The lowest BCUT2D eigenvalue weighted by molar-refractivity contribution is 0.102. The van der Waals surface area contributed by atoms with Gasteiger partial charge in [0, 0.05) is 40.8 Å². The van der Waals surface area contributed by atoms with Crippen LogP contribution in [0.4, 0.5) is 5.69 Å². The van der Waals surface area contributed by atoms with E-state index in [1.165, 1.54) is 0 Å². The van der Waals surface area contributed by atoms with Crippen molar-refractivity contribution in [3.63, 3.8) is 0 Å². The molecule has 4 aromatic rings. The number of hydrogen-bond donors (Lipinski definition) is 2. The van der Waals surface area contributed by atoms with Gasteiger partial charge in [0.15, 0.2) is 0 Å². The van der Waals surface area contributed by atoms with Crippen LogP contribution in [0.15, 0.2) is 78.0 Å². The van der Waals surface area contributed by atoms with E-state index < -0.39 is 11.5 Å². The van der Waals surface area contributed by atoms with Gasteiger partial charge < -0.3 is 10.3 Å². The average molecular weight is 383 g/mol. The summed E-state index contributed by atoms with van der Waals surface area (Å²) < 4.78 is 0. The Morgan fingerprint density at radius 2 is 1.79 bits per heavy atom. The van der Waals surface area contributed by atoms with Crippen LogP contribution in [0.2, 0.25) is 0 Å². The average Bonchev–Trinajstić information content (AvgIpc) is 2.74. The van der Waals surface area contributed by atoms with Crippen molar-refractivity contribution in [3.05, 3.63) is 94.7 Å². The van der Waals surface area contributed by atoms with Crippen LogP contribution in [-0.2, 0) is 0 Å². The fraction of sp³-hybridized carbons (Fsp3) is 0.125. The number of fused-ring (bicyclic) bond motifs is 1. The lowest BCUT2D eigenvalue weighted by atomic mass is 10.00. The van der Waals surface area contributed by atoms with Crippen LogP contribution in [0.25, 0.3) is 21.9 Å². The van der Waals surface area contributed by atoms with Gasteiger partial charge in [0.2, 0.25) is 0 Å². The molecule has 144 valence electrons. The number of carbonyl (C=O) groups is 1. The van der Waals surface area contributed by atoms with Crippen LogP contribution < -0.4 is 10.9 Å². The number of aromatic amines is 1. The lowest BCUT2D eigenvalue weighted by Crippen LogP contribution is -2.23. The van der Waals surface area contributed by atoms with Gasteiger partial charge in [0.1, 0.15) is 5.56 Å². The van der Waals surface area contributed by atoms with Gasteiger partial charge in [-0.05, 0) is 29.0 Å². The minimum Gasteiger partial charge on any atom is -0.328 e. The van der Waals surface area contributed by atoms with Gasteiger partial charge in [-0.15, -0.1) is 0 Å². The van der Waals surface area contributed by atoms with Gasteiger partial charge in [-0.1, -0.05) is 56.3 Å². The molecule has 0 fully saturated rings. The number of para-hydroxylation sites is 1. The molecule has 0 aliphatic rings. The maximum Gasteiger partial charge on any atom is 0.261 e. The highest BCUT2D eigenvalue weighted by atomic mass is 16.2. The Morgan fingerprint density at radius 1 is 1.03 bits per heavy atom. The van der Waals surface area contributed by atoms with Crippen LogP contribution in [0, 0.1) is 0 Å². The first-order chi connectivity index (χ1) is 14.0. The Kier molecular flexibility index (Phi) is 4.96. The smallest absolute Gasteiger partial charge is 0.261 e. The molecular formula is C24H21N3O2. The van der Waals surface area contributed by atoms with Crippen molar-refractivity contribution in [2.45, 2.75) is 19.8 Å². The Bertz CT molecular complexity index is 1250. The first-order valence-corrected chi connectivity index (χ1v) is 9.50. The third-order valence-corrected chi connectivity index (χ3v) is 4.96. The lowest BCUT2D eigenvalue weighted by Gasteiger charge is -2.14. The minimum absolute atomic E-state index is 0.0639. The Labute approximate surface area is 168 Å². The van der Waals surface area contributed by atoms with Crippen LogP contribution in [0.1, 0.15) is 35.7 Å². The SMILES string of the molecule is CC(C)c1ccccc1NC(=O)c1cc(-c2cncc3ccccc23)c[nH]c1=O. The Balaban J connectivity index is 1.74. The number of nitrogens with one attached hydrogen (secondary N) is 2. The summed E-state index contributed by atoms with van der Waals surface area (Å²) in [5.41, 5.74) is 2.96. The van der Waals surface area contributed by atoms with Gasteiger partial charge >= 0.3 is 0 Å². The fourth-order valence-corrected chi connectivity index (χ4v) is 3.46. The van der Waals surface area contributed by atoms with Gasteiger partial charge in [-0.3, -0.25) is 14.6 Å². The van der Waals surface area contributed by atoms with E-state index in [0.29, 0.717) is 5.69 Å². The maximum absolute atomic E-state index is 12.9. The number of H-pyrrole nitrogens is 1. The van der Waals surface area contributed by atoms with Crippen LogP contribution in [0.3, 0.4) is 0 Å². The van der Waals surface area contributed by atoms with Crippen LogP contribution in [-0.4, -0.2) is 15.9 Å². The zero-order valence-corrected chi connectivity index (χ0v) is 16.3. The second kappa shape index (κ2) is 7.72. The number of carbonyl (C=O) groups excluding carboxylic acids is 1. The van der Waals surface area contributed by atoms with Crippen molar-refractivity contribution >= 4 is 22.4 Å². The highest BCUT2D eigenvalue weighted by Gasteiger charge is 2.16. The molecule has 0 aliphatic carbocycles. The van der Waals surface area contributed by atoms with Crippen molar-refractivity contribution in [1.29, 1.82) is 0 Å². The van der Waals surface area contributed by atoms with E-state index >= 15 is 0 Å². The molecule has 2 heterocycles. The zero-order valence-electron chi connectivity index (χ0n) is 16.3. The molecule has 0 unspecified atom stereocenters.